The highest BCUT2D eigenvalue weighted by molar-refractivity contribution is 6.09. The lowest BCUT2D eigenvalue weighted by molar-refractivity contribution is 0.100. The minimum absolute atomic E-state index is 0. The van der Waals surface area contributed by atoms with E-state index in [1.165, 1.54) is 12.1 Å². The molecule has 0 atom stereocenters. The highest BCUT2D eigenvalue weighted by Gasteiger charge is 2.10. The Morgan fingerprint density at radius 1 is 1.12 bits per heavy atom. The van der Waals surface area contributed by atoms with Crippen LogP contribution in [0.1, 0.15) is 10.4 Å². The van der Waals surface area contributed by atoms with Gasteiger partial charge in [0.25, 0.3) is 0 Å². The van der Waals surface area contributed by atoms with E-state index in [-0.39, 0.29) is 30.6 Å². The Morgan fingerprint density at radius 3 is 2.38 bits per heavy atom. The molecule has 0 aromatic heterocycles. The van der Waals surface area contributed by atoms with Crippen LogP contribution >= 0.6 is 12.4 Å². The number of halogens is 2. The van der Waals surface area contributed by atoms with Crippen LogP contribution in [0.2, 0.25) is 0 Å². The van der Waals surface area contributed by atoms with Gasteiger partial charge in [0.1, 0.15) is 5.82 Å². The summed E-state index contributed by atoms with van der Waals surface area (Å²) < 4.78 is 13.4. The highest BCUT2D eigenvalue weighted by atomic mass is 35.5. The van der Waals surface area contributed by atoms with E-state index in [0.717, 1.165) is 0 Å². The summed E-state index contributed by atoms with van der Waals surface area (Å²) >= 11 is 0. The van der Waals surface area contributed by atoms with Crippen molar-refractivity contribution in [1.82, 2.24) is 0 Å². The van der Waals surface area contributed by atoms with E-state index in [4.69, 9.17) is 5.73 Å². The molecule has 0 fully saturated rings. The maximum Gasteiger partial charge on any atom is 0.177 e. The fourth-order valence-electron chi connectivity index (χ4n) is 1.62. The summed E-state index contributed by atoms with van der Waals surface area (Å²) in [6.07, 6.45) is 0. The van der Waals surface area contributed by atoms with E-state index < -0.39 is 0 Å². The fraction of sp³-hybridized carbons (Fsp3) is 0.0833. The van der Waals surface area contributed by atoms with Crippen molar-refractivity contribution in [2.75, 3.05) is 6.54 Å². The highest BCUT2D eigenvalue weighted by Crippen LogP contribution is 2.21. The van der Waals surface area contributed by atoms with Gasteiger partial charge in [-0.05, 0) is 17.5 Å². The lowest BCUT2D eigenvalue weighted by atomic mass is 10.0. The summed E-state index contributed by atoms with van der Waals surface area (Å²) in [4.78, 5) is 11.5. The SMILES string of the molecule is Cl.NCC(=O)c1ccc(F)c2ccccc12. The maximum atomic E-state index is 13.4. The van der Waals surface area contributed by atoms with Crippen molar-refractivity contribution < 1.29 is 9.18 Å². The Kier molecular flexibility index (Phi) is 3.99. The second-order valence-electron chi connectivity index (χ2n) is 3.27. The molecule has 16 heavy (non-hydrogen) atoms. The molecule has 2 rings (SSSR count). The van der Waals surface area contributed by atoms with E-state index in [1.807, 2.05) is 0 Å². The minimum atomic E-state index is -0.320. The third-order valence-electron chi connectivity index (χ3n) is 2.36. The standard InChI is InChI=1S/C12H10FNO.ClH/c13-11-6-5-10(12(15)7-14)8-3-1-2-4-9(8)11;/h1-6H,7,14H2;1H. The molecule has 2 N–H and O–H groups in total. The zero-order chi connectivity index (χ0) is 10.8. The first-order valence-corrected chi connectivity index (χ1v) is 4.64. The van der Waals surface area contributed by atoms with Gasteiger partial charge in [0.15, 0.2) is 5.78 Å². The van der Waals surface area contributed by atoms with Crippen LogP contribution in [0.25, 0.3) is 10.8 Å². The first-order valence-electron chi connectivity index (χ1n) is 4.64. The van der Waals surface area contributed by atoms with Crippen molar-refractivity contribution >= 4 is 29.0 Å². The summed E-state index contributed by atoms with van der Waals surface area (Å²) in [5.41, 5.74) is 5.77. The molecule has 0 spiro atoms. The van der Waals surface area contributed by atoms with E-state index in [0.29, 0.717) is 16.3 Å². The third-order valence-corrected chi connectivity index (χ3v) is 2.36. The monoisotopic (exact) mass is 239 g/mol. The Bertz CT molecular complexity index is 527. The van der Waals surface area contributed by atoms with Crippen LogP contribution < -0.4 is 5.73 Å². The molecular formula is C12H11ClFNO. The van der Waals surface area contributed by atoms with Gasteiger partial charge < -0.3 is 5.73 Å². The van der Waals surface area contributed by atoms with Crippen LogP contribution in [0.4, 0.5) is 4.39 Å². The van der Waals surface area contributed by atoms with E-state index in [2.05, 4.69) is 0 Å². The van der Waals surface area contributed by atoms with Crippen molar-refractivity contribution in [2.45, 2.75) is 0 Å². The average Bonchev–Trinajstić information content (AvgIpc) is 2.29. The van der Waals surface area contributed by atoms with E-state index in [1.54, 1.807) is 24.3 Å². The van der Waals surface area contributed by atoms with Gasteiger partial charge in [0.05, 0.1) is 6.54 Å². The zero-order valence-electron chi connectivity index (χ0n) is 8.44. The molecule has 0 aliphatic rings. The Balaban J connectivity index is 0.00000128. The molecule has 0 saturated carbocycles. The molecule has 4 heteroatoms. The van der Waals surface area contributed by atoms with Crippen molar-refractivity contribution in [3.8, 4) is 0 Å². The zero-order valence-corrected chi connectivity index (χ0v) is 9.26. The van der Waals surface area contributed by atoms with Crippen molar-refractivity contribution in [3.63, 3.8) is 0 Å². The third kappa shape index (κ3) is 2.05. The van der Waals surface area contributed by atoms with Crippen molar-refractivity contribution in [1.29, 1.82) is 0 Å². The molecule has 0 heterocycles. The number of hydrogen-bond acceptors (Lipinski definition) is 2. The number of Topliss-reactive ketones (excluding diaryl/α,β-unsaturated/α-hetero) is 1. The van der Waals surface area contributed by atoms with Crippen molar-refractivity contribution in [2.24, 2.45) is 5.73 Å². The molecule has 0 amide bonds. The lowest BCUT2D eigenvalue weighted by Gasteiger charge is -2.04. The molecule has 0 radical (unpaired) electrons. The molecule has 0 aliphatic heterocycles. The van der Waals surface area contributed by atoms with Crippen LogP contribution in [0, 0.1) is 5.82 Å². The van der Waals surface area contributed by atoms with Crippen LogP contribution in [0.3, 0.4) is 0 Å². The van der Waals surface area contributed by atoms with Gasteiger partial charge in [-0.1, -0.05) is 24.3 Å². The Morgan fingerprint density at radius 2 is 1.75 bits per heavy atom. The van der Waals surface area contributed by atoms with Gasteiger partial charge >= 0.3 is 0 Å². The quantitative estimate of drug-likeness (QED) is 0.819. The molecular weight excluding hydrogens is 229 g/mol. The summed E-state index contributed by atoms with van der Waals surface area (Å²) in [6, 6.07) is 9.66. The van der Waals surface area contributed by atoms with Crippen molar-refractivity contribution in [3.05, 3.63) is 47.8 Å². The number of rotatable bonds is 2. The maximum absolute atomic E-state index is 13.4. The van der Waals surface area contributed by atoms with E-state index >= 15 is 0 Å². The fourth-order valence-corrected chi connectivity index (χ4v) is 1.62. The second kappa shape index (κ2) is 5.05. The van der Waals surface area contributed by atoms with Gasteiger partial charge in [0, 0.05) is 10.9 Å². The number of hydrogen-bond donors (Lipinski definition) is 1. The predicted molar refractivity (Wildman–Crippen MR) is 64.5 cm³/mol. The normalized spacial score (nSPS) is 9.88. The van der Waals surface area contributed by atoms with Gasteiger partial charge in [-0.2, -0.15) is 0 Å². The van der Waals surface area contributed by atoms with Crippen LogP contribution in [-0.4, -0.2) is 12.3 Å². The number of ketones is 1. The number of nitrogens with two attached hydrogens (primary N) is 1. The first kappa shape index (κ1) is 12.6. The lowest BCUT2D eigenvalue weighted by Crippen LogP contribution is -2.14. The topological polar surface area (TPSA) is 43.1 Å². The molecule has 0 unspecified atom stereocenters. The Hall–Kier alpha value is -1.45. The van der Waals surface area contributed by atoms with Gasteiger partial charge in [0.2, 0.25) is 0 Å². The number of benzene rings is 2. The van der Waals surface area contributed by atoms with Gasteiger partial charge in [-0.3, -0.25) is 4.79 Å². The van der Waals surface area contributed by atoms with Crippen LogP contribution in [0.15, 0.2) is 36.4 Å². The summed E-state index contributed by atoms with van der Waals surface area (Å²) in [7, 11) is 0. The summed E-state index contributed by atoms with van der Waals surface area (Å²) in [6.45, 7) is -0.0599. The van der Waals surface area contributed by atoms with Crippen LogP contribution in [-0.2, 0) is 0 Å². The molecule has 0 bridgehead atoms. The second-order valence-corrected chi connectivity index (χ2v) is 3.27. The van der Waals surface area contributed by atoms with Crippen LogP contribution in [0.5, 0.6) is 0 Å². The molecule has 0 aliphatic carbocycles. The molecule has 2 aromatic rings. The summed E-state index contributed by atoms with van der Waals surface area (Å²) in [5.74, 6) is -0.495. The minimum Gasteiger partial charge on any atom is -0.324 e. The Labute approximate surface area is 98.7 Å². The smallest absolute Gasteiger partial charge is 0.177 e. The molecule has 2 nitrogen and oxygen atoms in total. The number of fused-ring (bicyclic) bond motifs is 1. The summed E-state index contributed by atoms with van der Waals surface area (Å²) in [5, 5.41) is 1.07. The van der Waals surface area contributed by atoms with Gasteiger partial charge in [-0.15, -0.1) is 12.4 Å². The largest absolute Gasteiger partial charge is 0.324 e. The number of carbonyl (C=O) groups excluding carboxylic acids is 1. The molecule has 84 valence electrons. The number of carbonyl (C=O) groups is 1. The van der Waals surface area contributed by atoms with E-state index in [9.17, 15) is 9.18 Å². The molecule has 0 saturated heterocycles. The average molecular weight is 240 g/mol. The first-order chi connectivity index (χ1) is 7.24. The molecule has 2 aromatic carbocycles. The van der Waals surface area contributed by atoms with Gasteiger partial charge in [-0.25, -0.2) is 4.39 Å². The predicted octanol–water partition coefficient (Wildman–Crippen LogP) is 2.54.